The highest BCUT2D eigenvalue weighted by Crippen LogP contribution is 2.18. The van der Waals surface area contributed by atoms with Gasteiger partial charge in [0.15, 0.2) is 5.13 Å². The molecule has 0 aliphatic heterocycles. The summed E-state index contributed by atoms with van der Waals surface area (Å²) in [5.41, 5.74) is -0.802. The lowest BCUT2D eigenvalue weighted by molar-refractivity contribution is 0.0245. The number of aliphatic hydroxyl groups is 1. The van der Waals surface area contributed by atoms with Crippen LogP contribution in [0.2, 0.25) is 0 Å². The van der Waals surface area contributed by atoms with E-state index in [4.69, 9.17) is 0 Å². The molecule has 1 aromatic rings. The Kier molecular flexibility index (Phi) is 6.07. The van der Waals surface area contributed by atoms with Gasteiger partial charge < -0.3 is 10.4 Å². The highest BCUT2D eigenvalue weighted by atomic mass is 32.1. The fraction of sp³-hybridized carbons (Fsp3) is 0.667. The molecule has 0 aliphatic rings. The van der Waals surface area contributed by atoms with Crippen molar-refractivity contribution in [1.82, 2.24) is 10.3 Å². The largest absolute Gasteiger partial charge is 0.388 e. The van der Waals surface area contributed by atoms with Crippen molar-refractivity contribution < 1.29 is 9.90 Å². The number of aromatic nitrogens is 1. The summed E-state index contributed by atoms with van der Waals surface area (Å²) < 4.78 is 0. The van der Waals surface area contributed by atoms with Gasteiger partial charge in [-0.3, -0.25) is 5.32 Å². The number of amides is 2. The number of urea groups is 1. The molecule has 1 heterocycles. The Morgan fingerprint density at radius 3 is 2.61 bits per heavy atom. The predicted molar refractivity (Wildman–Crippen MR) is 73.9 cm³/mol. The summed E-state index contributed by atoms with van der Waals surface area (Å²) in [6.45, 7) is 4.32. The zero-order chi connectivity index (χ0) is 13.4. The zero-order valence-electron chi connectivity index (χ0n) is 10.9. The Morgan fingerprint density at radius 1 is 1.44 bits per heavy atom. The first-order valence-electron chi connectivity index (χ1n) is 6.26. The Morgan fingerprint density at radius 2 is 2.11 bits per heavy atom. The second-order valence-corrected chi connectivity index (χ2v) is 5.26. The number of nitrogens with one attached hydrogen (secondary N) is 2. The van der Waals surface area contributed by atoms with Crippen LogP contribution in [0.15, 0.2) is 11.6 Å². The van der Waals surface area contributed by atoms with Crippen LogP contribution in [0.5, 0.6) is 0 Å². The molecule has 0 aromatic carbocycles. The maximum Gasteiger partial charge on any atom is 0.321 e. The van der Waals surface area contributed by atoms with Crippen LogP contribution in [0.25, 0.3) is 0 Å². The minimum Gasteiger partial charge on any atom is -0.388 e. The lowest BCUT2D eigenvalue weighted by Gasteiger charge is -2.27. The van der Waals surface area contributed by atoms with Crippen LogP contribution < -0.4 is 10.6 Å². The van der Waals surface area contributed by atoms with E-state index in [1.807, 2.05) is 13.8 Å². The van der Waals surface area contributed by atoms with Gasteiger partial charge in [0.2, 0.25) is 0 Å². The smallest absolute Gasteiger partial charge is 0.321 e. The Hall–Kier alpha value is -1.14. The van der Waals surface area contributed by atoms with Crippen LogP contribution in [0.4, 0.5) is 9.93 Å². The standard InChI is InChI=1S/C12H21N3O2S/c1-3-5-12(17,6-4-2)9-14-10(16)15-11-13-7-8-18-11/h7-8,17H,3-6,9H2,1-2H3,(H2,13,14,15,16). The molecule has 0 unspecified atom stereocenters. The molecule has 3 N–H and O–H groups in total. The molecular formula is C12H21N3O2S. The van der Waals surface area contributed by atoms with Crippen molar-refractivity contribution in [3.05, 3.63) is 11.6 Å². The van der Waals surface area contributed by atoms with Crippen LogP contribution >= 0.6 is 11.3 Å². The van der Waals surface area contributed by atoms with Crippen molar-refractivity contribution in [2.45, 2.75) is 45.1 Å². The van der Waals surface area contributed by atoms with Crippen LogP contribution in [0, 0.1) is 0 Å². The molecule has 0 saturated heterocycles. The van der Waals surface area contributed by atoms with Crippen LogP contribution in [0.3, 0.4) is 0 Å². The zero-order valence-corrected chi connectivity index (χ0v) is 11.7. The predicted octanol–water partition coefficient (Wildman–Crippen LogP) is 2.60. The van der Waals surface area contributed by atoms with Crippen LogP contribution in [0.1, 0.15) is 39.5 Å². The van der Waals surface area contributed by atoms with Gasteiger partial charge in [0.1, 0.15) is 0 Å². The number of carbonyl (C=O) groups is 1. The number of nitrogens with zero attached hydrogens (tertiary/aromatic N) is 1. The molecule has 5 nitrogen and oxygen atoms in total. The van der Waals surface area contributed by atoms with Gasteiger partial charge in [-0.2, -0.15) is 0 Å². The van der Waals surface area contributed by atoms with Gasteiger partial charge in [0, 0.05) is 18.1 Å². The number of carbonyl (C=O) groups excluding carboxylic acids is 1. The number of hydrogen-bond donors (Lipinski definition) is 3. The summed E-state index contributed by atoms with van der Waals surface area (Å²) in [4.78, 5) is 15.6. The summed E-state index contributed by atoms with van der Waals surface area (Å²) in [5, 5.41) is 18.0. The quantitative estimate of drug-likeness (QED) is 0.713. The topological polar surface area (TPSA) is 74.2 Å². The molecule has 102 valence electrons. The molecule has 0 spiro atoms. The summed E-state index contributed by atoms with van der Waals surface area (Å²) in [7, 11) is 0. The molecule has 2 amide bonds. The fourth-order valence-corrected chi connectivity index (χ4v) is 2.43. The Bertz CT molecular complexity index is 348. The molecule has 0 radical (unpaired) electrons. The van der Waals surface area contributed by atoms with Crippen molar-refractivity contribution in [2.75, 3.05) is 11.9 Å². The second kappa shape index (κ2) is 7.33. The van der Waals surface area contributed by atoms with Crippen LogP contribution in [-0.2, 0) is 0 Å². The first-order valence-corrected chi connectivity index (χ1v) is 7.14. The first-order chi connectivity index (χ1) is 8.59. The van der Waals surface area contributed by atoms with E-state index in [1.165, 1.54) is 11.3 Å². The van der Waals surface area contributed by atoms with Crippen molar-refractivity contribution >= 4 is 22.5 Å². The number of rotatable bonds is 7. The van der Waals surface area contributed by atoms with Gasteiger partial charge >= 0.3 is 6.03 Å². The fourth-order valence-electron chi connectivity index (χ4n) is 1.90. The van der Waals surface area contributed by atoms with E-state index in [2.05, 4.69) is 15.6 Å². The van der Waals surface area contributed by atoms with Crippen molar-refractivity contribution in [3.63, 3.8) is 0 Å². The van der Waals surface area contributed by atoms with Gasteiger partial charge in [-0.25, -0.2) is 9.78 Å². The average Bonchev–Trinajstić information content (AvgIpc) is 2.80. The molecular weight excluding hydrogens is 250 g/mol. The summed E-state index contributed by atoms with van der Waals surface area (Å²) in [6, 6.07) is -0.324. The van der Waals surface area contributed by atoms with Crippen molar-refractivity contribution in [3.8, 4) is 0 Å². The van der Waals surface area contributed by atoms with Gasteiger partial charge in [-0.05, 0) is 12.8 Å². The highest BCUT2D eigenvalue weighted by Gasteiger charge is 2.25. The van der Waals surface area contributed by atoms with E-state index in [-0.39, 0.29) is 12.6 Å². The molecule has 1 aromatic heterocycles. The summed E-state index contributed by atoms with van der Waals surface area (Å²) >= 11 is 1.36. The van der Waals surface area contributed by atoms with Gasteiger partial charge in [0.05, 0.1) is 5.60 Å². The SMILES string of the molecule is CCCC(O)(CCC)CNC(=O)Nc1nccs1. The van der Waals surface area contributed by atoms with E-state index in [1.54, 1.807) is 11.6 Å². The van der Waals surface area contributed by atoms with Crippen molar-refractivity contribution in [2.24, 2.45) is 0 Å². The molecule has 18 heavy (non-hydrogen) atoms. The molecule has 0 fully saturated rings. The molecule has 0 atom stereocenters. The summed E-state index contributed by atoms with van der Waals surface area (Å²) in [5.74, 6) is 0. The molecule has 0 bridgehead atoms. The lowest BCUT2D eigenvalue weighted by Crippen LogP contribution is -2.44. The van der Waals surface area contributed by atoms with Gasteiger partial charge in [-0.15, -0.1) is 11.3 Å². The minimum atomic E-state index is -0.802. The number of thiazole rings is 1. The van der Waals surface area contributed by atoms with Crippen molar-refractivity contribution in [1.29, 1.82) is 0 Å². The lowest BCUT2D eigenvalue weighted by atomic mass is 9.93. The highest BCUT2D eigenvalue weighted by molar-refractivity contribution is 7.13. The monoisotopic (exact) mass is 271 g/mol. The second-order valence-electron chi connectivity index (χ2n) is 4.37. The third kappa shape index (κ3) is 5.01. The molecule has 6 heteroatoms. The van der Waals surface area contributed by atoms with E-state index >= 15 is 0 Å². The third-order valence-corrected chi connectivity index (χ3v) is 3.35. The molecule has 0 aliphatic carbocycles. The Balaban J connectivity index is 2.39. The maximum atomic E-state index is 11.6. The molecule has 1 rings (SSSR count). The first kappa shape index (κ1) is 14.9. The van der Waals surface area contributed by atoms with E-state index < -0.39 is 5.60 Å². The van der Waals surface area contributed by atoms with Crippen LogP contribution in [-0.4, -0.2) is 28.3 Å². The number of hydrogen-bond acceptors (Lipinski definition) is 4. The Labute approximate surface area is 112 Å². The van der Waals surface area contributed by atoms with E-state index in [0.29, 0.717) is 18.0 Å². The molecule has 0 saturated carbocycles. The normalized spacial score (nSPS) is 11.3. The maximum absolute atomic E-state index is 11.6. The summed E-state index contributed by atoms with van der Waals surface area (Å²) in [6.07, 6.45) is 4.81. The minimum absolute atomic E-state index is 0.270. The number of anilines is 1. The van der Waals surface area contributed by atoms with Gasteiger partial charge in [-0.1, -0.05) is 26.7 Å². The van der Waals surface area contributed by atoms with Gasteiger partial charge in [0.25, 0.3) is 0 Å². The third-order valence-electron chi connectivity index (χ3n) is 2.66. The van der Waals surface area contributed by atoms with E-state index in [0.717, 1.165) is 12.8 Å². The van der Waals surface area contributed by atoms with E-state index in [9.17, 15) is 9.90 Å². The average molecular weight is 271 g/mol.